The van der Waals surface area contributed by atoms with Crippen molar-refractivity contribution in [2.45, 2.75) is 25.6 Å². The lowest BCUT2D eigenvalue weighted by molar-refractivity contribution is -0.169. The number of amides is 1. The molecule has 26 heavy (non-hydrogen) atoms. The largest absolute Gasteiger partial charge is 0.369 e. The molecule has 2 fully saturated rings. The summed E-state index contributed by atoms with van der Waals surface area (Å²) in [6.45, 7) is 5.09. The fourth-order valence-electron chi connectivity index (χ4n) is 3.58. The molecule has 1 spiro atoms. The number of nitrogens with zero attached hydrogens (tertiary/aromatic N) is 2. The number of carbonyl (C=O) groups excluding carboxylic acids is 1. The van der Waals surface area contributed by atoms with E-state index in [9.17, 15) is 4.79 Å². The molecule has 0 bridgehead atoms. The van der Waals surface area contributed by atoms with Crippen LogP contribution in [0.1, 0.15) is 28.1 Å². The number of aromatic nitrogens is 1. The molecule has 1 aromatic carbocycles. The van der Waals surface area contributed by atoms with Crippen molar-refractivity contribution in [2.75, 3.05) is 36.5 Å². The van der Waals surface area contributed by atoms with Crippen LogP contribution in [0.25, 0.3) is 0 Å². The number of carbonyl (C=O) groups is 1. The Labute approximate surface area is 164 Å². The summed E-state index contributed by atoms with van der Waals surface area (Å²) in [4.78, 5) is 19.5. The molecule has 3 heterocycles. The van der Waals surface area contributed by atoms with Crippen molar-refractivity contribution in [3.05, 3.63) is 38.8 Å². The topological polar surface area (TPSA) is 63.7 Å². The van der Waals surface area contributed by atoms with Crippen molar-refractivity contribution >= 4 is 44.5 Å². The average Bonchev–Trinajstić information content (AvgIpc) is 3.26. The van der Waals surface area contributed by atoms with Crippen molar-refractivity contribution in [2.24, 2.45) is 0 Å². The predicted molar refractivity (Wildman–Crippen MR) is 105 cm³/mol. The number of halogens is 1. The zero-order chi connectivity index (χ0) is 18.1. The van der Waals surface area contributed by atoms with Gasteiger partial charge in [-0.15, -0.1) is 11.3 Å². The van der Waals surface area contributed by atoms with Crippen LogP contribution in [0, 0.1) is 6.92 Å². The molecule has 0 saturated carbocycles. The number of rotatable bonds is 3. The SMILES string of the molecule is Cc1cccc(NC(=O)c2cnc(Br)s2)c1N1CCC2(CC1)OCCO2. The van der Waals surface area contributed by atoms with Gasteiger partial charge in [0.25, 0.3) is 5.91 Å². The van der Waals surface area contributed by atoms with Crippen LogP contribution < -0.4 is 10.2 Å². The molecule has 2 saturated heterocycles. The molecule has 4 rings (SSSR count). The molecule has 138 valence electrons. The molecule has 1 aromatic heterocycles. The number of para-hydroxylation sites is 1. The van der Waals surface area contributed by atoms with Gasteiger partial charge in [-0.25, -0.2) is 4.98 Å². The standard InChI is InChI=1S/C18H20BrN3O3S/c1-12-3-2-4-13(21-16(23)14-11-20-17(19)26-14)15(12)22-7-5-18(6-8-22)24-9-10-25-18/h2-4,11H,5-10H2,1H3,(H,21,23). The maximum atomic E-state index is 12.6. The van der Waals surface area contributed by atoms with Gasteiger partial charge in [-0.05, 0) is 34.5 Å². The number of hydrogen-bond acceptors (Lipinski definition) is 6. The van der Waals surface area contributed by atoms with Crippen LogP contribution in [0.4, 0.5) is 11.4 Å². The van der Waals surface area contributed by atoms with Crippen LogP contribution in [0.5, 0.6) is 0 Å². The van der Waals surface area contributed by atoms with E-state index in [0.29, 0.717) is 22.0 Å². The predicted octanol–water partition coefficient (Wildman–Crippen LogP) is 3.81. The van der Waals surface area contributed by atoms with Crippen LogP contribution in [0.2, 0.25) is 0 Å². The van der Waals surface area contributed by atoms with Crippen molar-refractivity contribution in [1.29, 1.82) is 0 Å². The molecular weight excluding hydrogens is 418 g/mol. The van der Waals surface area contributed by atoms with E-state index in [4.69, 9.17) is 9.47 Å². The number of thiazole rings is 1. The summed E-state index contributed by atoms with van der Waals surface area (Å²) in [6.07, 6.45) is 3.24. The Bertz CT molecular complexity index is 810. The molecule has 1 N–H and O–H groups in total. The first-order chi connectivity index (χ1) is 12.6. The number of ether oxygens (including phenoxy) is 2. The number of benzene rings is 1. The van der Waals surface area contributed by atoms with Crippen LogP contribution in [-0.4, -0.2) is 43.0 Å². The second-order valence-electron chi connectivity index (χ2n) is 6.50. The van der Waals surface area contributed by atoms with Gasteiger partial charge in [0.1, 0.15) is 4.88 Å². The van der Waals surface area contributed by atoms with Crippen molar-refractivity contribution in [3.63, 3.8) is 0 Å². The monoisotopic (exact) mass is 437 g/mol. The van der Waals surface area contributed by atoms with Crippen LogP contribution in [0.3, 0.4) is 0 Å². The molecule has 6 nitrogen and oxygen atoms in total. The fraction of sp³-hybridized carbons (Fsp3) is 0.444. The van der Waals surface area contributed by atoms with Crippen molar-refractivity contribution < 1.29 is 14.3 Å². The van der Waals surface area contributed by atoms with E-state index in [0.717, 1.165) is 42.9 Å². The quantitative estimate of drug-likeness (QED) is 0.790. The van der Waals surface area contributed by atoms with Crippen molar-refractivity contribution in [1.82, 2.24) is 4.98 Å². The Morgan fingerprint density at radius 1 is 1.31 bits per heavy atom. The molecule has 2 aliphatic rings. The molecule has 0 unspecified atom stereocenters. The third-order valence-electron chi connectivity index (χ3n) is 4.84. The van der Waals surface area contributed by atoms with Gasteiger partial charge in [-0.2, -0.15) is 0 Å². The Balaban J connectivity index is 1.54. The van der Waals surface area contributed by atoms with E-state index in [1.807, 2.05) is 12.1 Å². The summed E-state index contributed by atoms with van der Waals surface area (Å²) in [5.74, 6) is -0.548. The minimum atomic E-state index is -0.405. The number of aryl methyl sites for hydroxylation is 1. The Morgan fingerprint density at radius 3 is 2.69 bits per heavy atom. The fourth-order valence-corrected chi connectivity index (χ4v) is 4.74. The molecule has 2 aliphatic heterocycles. The number of hydrogen-bond donors (Lipinski definition) is 1. The van der Waals surface area contributed by atoms with E-state index >= 15 is 0 Å². The van der Waals surface area contributed by atoms with Crippen LogP contribution >= 0.6 is 27.3 Å². The van der Waals surface area contributed by atoms with Gasteiger partial charge in [-0.1, -0.05) is 12.1 Å². The number of nitrogens with one attached hydrogen (secondary N) is 1. The summed E-state index contributed by atoms with van der Waals surface area (Å²) in [6, 6.07) is 5.98. The van der Waals surface area contributed by atoms with E-state index in [2.05, 4.69) is 44.1 Å². The first-order valence-corrected chi connectivity index (χ1v) is 10.2. The lowest BCUT2D eigenvalue weighted by Gasteiger charge is -2.39. The zero-order valence-corrected chi connectivity index (χ0v) is 16.9. The summed E-state index contributed by atoms with van der Waals surface area (Å²) >= 11 is 4.62. The van der Waals surface area contributed by atoms with Gasteiger partial charge < -0.3 is 19.7 Å². The van der Waals surface area contributed by atoms with Crippen LogP contribution in [-0.2, 0) is 9.47 Å². The highest BCUT2D eigenvalue weighted by molar-refractivity contribution is 9.11. The minimum Gasteiger partial charge on any atom is -0.369 e. The van der Waals surface area contributed by atoms with Crippen LogP contribution in [0.15, 0.2) is 28.3 Å². The Kier molecular flexibility index (Phi) is 5.00. The lowest BCUT2D eigenvalue weighted by atomic mass is 10.0. The highest BCUT2D eigenvalue weighted by Crippen LogP contribution is 2.37. The van der Waals surface area contributed by atoms with Crippen molar-refractivity contribution in [3.8, 4) is 0 Å². The summed E-state index contributed by atoms with van der Waals surface area (Å²) in [7, 11) is 0. The highest BCUT2D eigenvalue weighted by atomic mass is 79.9. The molecule has 0 atom stereocenters. The third kappa shape index (κ3) is 3.51. The summed E-state index contributed by atoms with van der Waals surface area (Å²) in [5, 5.41) is 3.05. The van der Waals surface area contributed by atoms with E-state index in [1.54, 1.807) is 6.20 Å². The van der Waals surface area contributed by atoms with Gasteiger partial charge >= 0.3 is 0 Å². The molecule has 1 amide bonds. The van der Waals surface area contributed by atoms with Gasteiger partial charge in [0.2, 0.25) is 0 Å². The van der Waals surface area contributed by atoms with Gasteiger partial charge in [-0.3, -0.25) is 4.79 Å². The normalized spacial score (nSPS) is 19.1. The molecular formula is C18H20BrN3O3S. The summed E-state index contributed by atoms with van der Waals surface area (Å²) in [5.41, 5.74) is 3.03. The van der Waals surface area contributed by atoms with Gasteiger partial charge in [0.15, 0.2) is 9.70 Å². The van der Waals surface area contributed by atoms with E-state index < -0.39 is 5.79 Å². The molecule has 0 radical (unpaired) electrons. The molecule has 8 heteroatoms. The van der Waals surface area contributed by atoms with Gasteiger partial charge in [0.05, 0.1) is 30.8 Å². The highest BCUT2D eigenvalue weighted by Gasteiger charge is 2.40. The smallest absolute Gasteiger partial charge is 0.267 e. The minimum absolute atomic E-state index is 0.143. The third-order valence-corrected chi connectivity index (χ3v) is 6.32. The first kappa shape index (κ1) is 17.9. The number of anilines is 2. The average molecular weight is 438 g/mol. The Hall–Kier alpha value is -1.48. The van der Waals surface area contributed by atoms with E-state index in [-0.39, 0.29) is 5.91 Å². The lowest BCUT2D eigenvalue weighted by Crippen LogP contribution is -2.45. The maximum Gasteiger partial charge on any atom is 0.267 e. The summed E-state index contributed by atoms with van der Waals surface area (Å²) < 4.78 is 12.3. The first-order valence-electron chi connectivity index (χ1n) is 8.61. The van der Waals surface area contributed by atoms with Gasteiger partial charge in [0, 0.05) is 25.9 Å². The maximum absolute atomic E-state index is 12.6. The Morgan fingerprint density at radius 2 is 2.04 bits per heavy atom. The number of piperidine rings is 1. The zero-order valence-electron chi connectivity index (χ0n) is 14.5. The second-order valence-corrected chi connectivity index (χ2v) is 8.80. The van der Waals surface area contributed by atoms with E-state index in [1.165, 1.54) is 11.3 Å². The second kappa shape index (κ2) is 7.26. The molecule has 2 aromatic rings. The molecule has 0 aliphatic carbocycles.